The van der Waals surface area contributed by atoms with Crippen LogP contribution in [0.5, 0.6) is 5.75 Å². The maximum Gasteiger partial charge on any atom is 0.351 e. The fourth-order valence-electron chi connectivity index (χ4n) is 3.28. The molecule has 0 aliphatic heterocycles. The van der Waals surface area contributed by atoms with Crippen LogP contribution in [-0.2, 0) is 0 Å². The zero-order valence-corrected chi connectivity index (χ0v) is 17.4. The zero-order valence-electron chi connectivity index (χ0n) is 14.4. The van der Waals surface area contributed by atoms with Crippen LogP contribution in [0.4, 0.5) is 0 Å². The van der Waals surface area contributed by atoms with E-state index in [-0.39, 0.29) is 58.9 Å². The predicted octanol–water partition coefficient (Wildman–Crippen LogP) is 6.63. The van der Waals surface area contributed by atoms with E-state index in [1.165, 1.54) is 30.3 Å². The lowest BCUT2D eigenvalue weighted by molar-refractivity contribution is 0.467. The number of benzene rings is 2. The first-order valence-corrected chi connectivity index (χ1v) is 9.76. The molecule has 6 nitrogen and oxygen atoms in total. The average molecular weight is 484 g/mol. The van der Waals surface area contributed by atoms with Crippen LogP contribution in [0, 0.1) is 0 Å². The Labute approximate surface area is 185 Å². The molecule has 2 aromatic carbocycles. The van der Waals surface area contributed by atoms with Crippen LogP contribution in [0.2, 0.25) is 20.1 Å². The van der Waals surface area contributed by atoms with E-state index in [2.05, 4.69) is 0 Å². The Morgan fingerprint density at radius 3 is 1.87 bits per heavy atom. The molecule has 0 saturated carbocycles. The molecule has 3 aromatic heterocycles. The van der Waals surface area contributed by atoms with Crippen molar-refractivity contribution in [2.45, 2.75) is 0 Å². The lowest BCUT2D eigenvalue weighted by Crippen LogP contribution is -2.03. The summed E-state index contributed by atoms with van der Waals surface area (Å²) in [7, 11) is 0. The Balaban J connectivity index is 1.90. The molecule has 0 atom stereocenters. The molecule has 0 saturated heterocycles. The van der Waals surface area contributed by atoms with Crippen molar-refractivity contribution in [3.63, 3.8) is 0 Å². The largest absolute Gasteiger partial charge is 0.506 e. The summed E-state index contributed by atoms with van der Waals surface area (Å²) in [6.07, 6.45) is 0. The van der Waals surface area contributed by atoms with E-state index in [4.69, 9.17) is 59.7 Å². The van der Waals surface area contributed by atoms with E-state index >= 15 is 0 Å². The minimum atomic E-state index is -0.923. The van der Waals surface area contributed by atoms with Gasteiger partial charge in [-0.2, -0.15) is 0 Å². The minimum Gasteiger partial charge on any atom is -0.506 e. The molecule has 30 heavy (non-hydrogen) atoms. The Bertz CT molecular complexity index is 1640. The van der Waals surface area contributed by atoms with Crippen LogP contribution < -0.4 is 11.3 Å². The van der Waals surface area contributed by atoms with Crippen LogP contribution in [-0.4, -0.2) is 5.11 Å². The van der Waals surface area contributed by atoms with Gasteiger partial charge in [-0.25, -0.2) is 9.59 Å². The van der Waals surface area contributed by atoms with Crippen molar-refractivity contribution >= 4 is 79.3 Å². The molecule has 10 heteroatoms. The molecular formula is C20H6Cl4O6. The van der Waals surface area contributed by atoms with Gasteiger partial charge >= 0.3 is 11.3 Å². The van der Waals surface area contributed by atoms with Gasteiger partial charge in [-0.1, -0.05) is 46.4 Å². The highest BCUT2D eigenvalue weighted by molar-refractivity contribution is 6.39. The first kappa shape index (κ1) is 19.3. The second-order valence-electron chi connectivity index (χ2n) is 6.38. The lowest BCUT2D eigenvalue weighted by Gasteiger charge is -2.06. The molecule has 0 spiro atoms. The standard InChI is InChI=1S/C20H6Cl4O6/c21-6-1-8-15(25)14(20(27)30-17(8)11(23)3-6)13-5-10-16(28-13)9-2-7(22)4-12(24)18(9)29-19(10)26/h1-5,25H. The maximum absolute atomic E-state index is 12.6. The number of rotatable bonds is 1. The number of hydrogen-bond donors (Lipinski definition) is 1. The summed E-state index contributed by atoms with van der Waals surface area (Å²) in [4.78, 5) is 25.0. The molecule has 0 radical (unpaired) electrons. The van der Waals surface area contributed by atoms with Crippen molar-refractivity contribution in [2.75, 3.05) is 0 Å². The van der Waals surface area contributed by atoms with Gasteiger partial charge in [0.2, 0.25) is 0 Å². The number of furan rings is 1. The maximum atomic E-state index is 12.6. The number of halogens is 4. The molecule has 150 valence electrons. The number of fused-ring (bicyclic) bond motifs is 4. The van der Waals surface area contributed by atoms with Gasteiger partial charge in [-0.3, -0.25) is 0 Å². The quantitative estimate of drug-likeness (QED) is 0.269. The SMILES string of the molecule is O=c1oc2c(Cl)cc(Cl)cc2c(O)c1-c1cc2c(=O)oc3c(Cl)cc(Cl)cc3c2o1. The van der Waals surface area contributed by atoms with Crippen molar-refractivity contribution in [1.82, 2.24) is 0 Å². The number of hydrogen-bond acceptors (Lipinski definition) is 6. The zero-order chi connectivity index (χ0) is 21.3. The van der Waals surface area contributed by atoms with Crippen LogP contribution in [0.25, 0.3) is 44.2 Å². The van der Waals surface area contributed by atoms with Crippen molar-refractivity contribution in [3.8, 4) is 17.1 Å². The van der Waals surface area contributed by atoms with E-state index in [1.54, 1.807) is 0 Å². The monoisotopic (exact) mass is 482 g/mol. The number of aromatic hydroxyl groups is 1. The minimum absolute atomic E-state index is 0.0267. The second kappa shape index (κ2) is 6.68. The summed E-state index contributed by atoms with van der Waals surface area (Å²) < 4.78 is 16.3. The first-order chi connectivity index (χ1) is 14.2. The van der Waals surface area contributed by atoms with Crippen LogP contribution >= 0.6 is 46.4 Å². The van der Waals surface area contributed by atoms with Gasteiger partial charge in [0.05, 0.1) is 20.8 Å². The van der Waals surface area contributed by atoms with Crippen molar-refractivity contribution in [2.24, 2.45) is 0 Å². The molecular weight excluding hydrogens is 478 g/mol. The third kappa shape index (κ3) is 2.80. The molecule has 0 unspecified atom stereocenters. The first-order valence-electron chi connectivity index (χ1n) is 8.25. The van der Waals surface area contributed by atoms with Crippen molar-refractivity contribution in [3.05, 3.63) is 71.3 Å². The molecule has 1 N–H and O–H groups in total. The lowest BCUT2D eigenvalue weighted by atomic mass is 10.1. The van der Waals surface area contributed by atoms with Crippen LogP contribution in [0.15, 0.2) is 53.2 Å². The molecule has 0 fully saturated rings. The fraction of sp³-hybridized carbons (Fsp3) is 0. The predicted molar refractivity (Wildman–Crippen MR) is 115 cm³/mol. The van der Waals surface area contributed by atoms with Crippen molar-refractivity contribution < 1.29 is 18.4 Å². The van der Waals surface area contributed by atoms with E-state index in [9.17, 15) is 14.7 Å². The molecule has 0 aliphatic carbocycles. The summed E-state index contributed by atoms with van der Waals surface area (Å²) in [6.45, 7) is 0. The molecule has 5 aromatic rings. The normalized spacial score (nSPS) is 11.7. The Morgan fingerprint density at radius 2 is 1.20 bits per heavy atom. The Morgan fingerprint density at radius 1 is 0.633 bits per heavy atom. The topological polar surface area (TPSA) is 93.8 Å². The van der Waals surface area contributed by atoms with Gasteiger partial charge < -0.3 is 18.4 Å². The fourth-order valence-corrected chi connectivity index (χ4v) is 4.34. The highest BCUT2D eigenvalue weighted by Crippen LogP contribution is 2.40. The summed E-state index contributed by atoms with van der Waals surface area (Å²) in [6, 6.07) is 6.94. The summed E-state index contributed by atoms with van der Waals surface area (Å²) in [5, 5.41) is 11.9. The third-order valence-electron chi connectivity index (χ3n) is 4.55. The van der Waals surface area contributed by atoms with Gasteiger partial charge in [0, 0.05) is 16.1 Å². The van der Waals surface area contributed by atoms with E-state index in [1.807, 2.05) is 0 Å². The Kier molecular flexibility index (Phi) is 4.31. The van der Waals surface area contributed by atoms with Crippen molar-refractivity contribution in [1.29, 1.82) is 0 Å². The highest BCUT2D eigenvalue weighted by Gasteiger charge is 2.24. The van der Waals surface area contributed by atoms with E-state index < -0.39 is 17.0 Å². The summed E-state index contributed by atoms with van der Waals surface area (Å²) in [5.74, 6) is -0.584. The van der Waals surface area contributed by atoms with Gasteiger partial charge in [-0.15, -0.1) is 0 Å². The average Bonchev–Trinajstić information content (AvgIpc) is 3.10. The molecule has 0 amide bonds. The van der Waals surface area contributed by atoms with Crippen LogP contribution in [0.3, 0.4) is 0 Å². The van der Waals surface area contributed by atoms with Gasteiger partial charge in [-0.05, 0) is 24.3 Å². The molecule has 0 bridgehead atoms. The highest BCUT2D eigenvalue weighted by atomic mass is 35.5. The van der Waals surface area contributed by atoms with Crippen LogP contribution in [0.1, 0.15) is 0 Å². The summed E-state index contributed by atoms with van der Waals surface area (Å²) in [5.41, 5.74) is -1.85. The van der Waals surface area contributed by atoms with Gasteiger partial charge in [0.15, 0.2) is 16.7 Å². The van der Waals surface area contributed by atoms with E-state index in [0.29, 0.717) is 5.39 Å². The molecule has 5 rings (SSSR count). The Hall–Kier alpha value is -2.64. The van der Waals surface area contributed by atoms with Gasteiger partial charge in [0.1, 0.15) is 22.5 Å². The van der Waals surface area contributed by atoms with E-state index in [0.717, 1.165) is 0 Å². The second-order valence-corrected chi connectivity index (χ2v) is 8.07. The summed E-state index contributed by atoms with van der Waals surface area (Å²) >= 11 is 24.2. The molecule has 0 aliphatic rings. The van der Waals surface area contributed by atoms with Gasteiger partial charge in [0.25, 0.3) is 0 Å². The third-order valence-corrected chi connectivity index (χ3v) is 5.54. The smallest absolute Gasteiger partial charge is 0.351 e. The molecule has 3 heterocycles.